The van der Waals surface area contributed by atoms with Crippen LogP contribution in [0.25, 0.3) is 5.76 Å². The highest BCUT2D eigenvalue weighted by Crippen LogP contribution is 2.44. The topological polar surface area (TPSA) is 106 Å². The van der Waals surface area contributed by atoms with Crippen LogP contribution in [0.4, 0.5) is 5.13 Å². The normalized spacial score (nSPS) is 16.6. The van der Waals surface area contributed by atoms with Gasteiger partial charge in [-0.2, -0.15) is 0 Å². The third-order valence-electron chi connectivity index (χ3n) is 6.03. The molecule has 8 nitrogen and oxygen atoms in total. The van der Waals surface area contributed by atoms with Crippen LogP contribution in [-0.4, -0.2) is 41.5 Å². The molecule has 9 heteroatoms. The zero-order valence-corrected chi connectivity index (χ0v) is 21.7. The van der Waals surface area contributed by atoms with Gasteiger partial charge < -0.3 is 14.6 Å². The Bertz CT molecular complexity index is 1440. The molecule has 1 unspecified atom stereocenters. The summed E-state index contributed by atoms with van der Waals surface area (Å²) in [5.74, 6) is -1.99. The van der Waals surface area contributed by atoms with Gasteiger partial charge in [-0.15, -0.1) is 0 Å². The molecule has 0 saturated carbocycles. The van der Waals surface area contributed by atoms with Gasteiger partial charge in [0.15, 0.2) is 5.13 Å². The SMILES string of the molecule is C=CCOC(=O)c1sc(N2C(=O)C(=O)/C(=C(/O)c3cc(C)ccc3C)C2c2ccc(OC)cc2)nc1C. The van der Waals surface area contributed by atoms with Crippen molar-refractivity contribution in [1.82, 2.24) is 4.98 Å². The Balaban J connectivity index is 1.91. The monoisotopic (exact) mass is 518 g/mol. The quantitative estimate of drug-likeness (QED) is 0.153. The Morgan fingerprint density at radius 2 is 1.86 bits per heavy atom. The molecule has 2 heterocycles. The van der Waals surface area contributed by atoms with Gasteiger partial charge in [0.2, 0.25) is 0 Å². The number of aryl methyl sites for hydroxylation is 3. The van der Waals surface area contributed by atoms with Crippen molar-refractivity contribution in [2.24, 2.45) is 0 Å². The number of amides is 1. The first-order valence-electron chi connectivity index (χ1n) is 11.5. The number of carbonyl (C=O) groups is 3. The van der Waals surface area contributed by atoms with E-state index >= 15 is 0 Å². The van der Waals surface area contributed by atoms with E-state index in [1.54, 1.807) is 37.3 Å². The molecule has 1 aliphatic rings. The van der Waals surface area contributed by atoms with Crippen molar-refractivity contribution in [3.05, 3.63) is 93.5 Å². The van der Waals surface area contributed by atoms with Crippen LogP contribution in [0.1, 0.15) is 43.7 Å². The Kier molecular flexibility index (Phi) is 7.26. The van der Waals surface area contributed by atoms with Crippen molar-refractivity contribution >= 4 is 39.9 Å². The predicted octanol–water partition coefficient (Wildman–Crippen LogP) is 5.05. The molecule has 0 radical (unpaired) electrons. The molecule has 1 aromatic heterocycles. The Labute approximate surface area is 218 Å². The van der Waals surface area contributed by atoms with E-state index in [0.717, 1.165) is 22.5 Å². The van der Waals surface area contributed by atoms with Crippen molar-refractivity contribution < 1.29 is 29.0 Å². The fourth-order valence-corrected chi connectivity index (χ4v) is 5.13. The van der Waals surface area contributed by atoms with Gasteiger partial charge in [0.1, 0.15) is 23.0 Å². The number of rotatable bonds is 7. The van der Waals surface area contributed by atoms with Crippen LogP contribution in [0.2, 0.25) is 0 Å². The fourth-order valence-electron chi connectivity index (χ4n) is 4.14. The number of thiazole rings is 1. The number of hydrogen-bond donors (Lipinski definition) is 1. The zero-order chi connectivity index (χ0) is 26.9. The van der Waals surface area contributed by atoms with Gasteiger partial charge >= 0.3 is 11.9 Å². The lowest BCUT2D eigenvalue weighted by Gasteiger charge is -2.23. The molecule has 1 fully saturated rings. The first-order chi connectivity index (χ1) is 17.7. The lowest BCUT2D eigenvalue weighted by atomic mass is 9.93. The second kappa shape index (κ2) is 10.4. The summed E-state index contributed by atoms with van der Waals surface area (Å²) in [5.41, 5.74) is 2.96. The van der Waals surface area contributed by atoms with E-state index in [4.69, 9.17) is 9.47 Å². The molecule has 3 aromatic rings. The van der Waals surface area contributed by atoms with E-state index in [-0.39, 0.29) is 27.9 Å². The minimum atomic E-state index is -0.978. The second-order valence-corrected chi connectivity index (χ2v) is 9.54. The maximum absolute atomic E-state index is 13.4. The van der Waals surface area contributed by atoms with Gasteiger partial charge in [-0.05, 0) is 50.1 Å². The number of aromatic nitrogens is 1. The molecule has 1 atom stereocenters. The molecule has 37 heavy (non-hydrogen) atoms. The third kappa shape index (κ3) is 4.77. The van der Waals surface area contributed by atoms with Gasteiger partial charge in [-0.1, -0.05) is 53.8 Å². The minimum absolute atomic E-state index is 0.0255. The fraction of sp³-hybridized carbons (Fsp3) is 0.214. The van der Waals surface area contributed by atoms with Crippen LogP contribution >= 0.6 is 11.3 Å². The summed E-state index contributed by atoms with van der Waals surface area (Å²) in [5, 5.41) is 11.6. The summed E-state index contributed by atoms with van der Waals surface area (Å²) < 4.78 is 10.4. The maximum atomic E-state index is 13.4. The summed E-state index contributed by atoms with van der Waals surface area (Å²) in [7, 11) is 1.53. The molecule has 1 aliphatic heterocycles. The number of ether oxygens (including phenoxy) is 2. The number of anilines is 1. The van der Waals surface area contributed by atoms with Gasteiger partial charge in [-0.25, -0.2) is 9.78 Å². The number of esters is 1. The first kappa shape index (κ1) is 25.8. The predicted molar refractivity (Wildman–Crippen MR) is 141 cm³/mol. The van der Waals surface area contributed by atoms with Crippen LogP contribution in [0.15, 0.2) is 60.7 Å². The van der Waals surface area contributed by atoms with Gasteiger partial charge in [0.05, 0.1) is 24.4 Å². The van der Waals surface area contributed by atoms with E-state index in [0.29, 0.717) is 22.6 Å². The van der Waals surface area contributed by atoms with E-state index in [1.807, 2.05) is 26.0 Å². The molecule has 2 aromatic carbocycles. The average molecular weight is 519 g/mol. The standard InChI is InChI=1S/C28H26N2O6S/c1-6-13-36-27(34)25-17(4)29-28(37-25)30-22(18-9-11-19(35-5)12-10-18)21(24(32)26(30)33)23(31)20-14-15(2)7-8-16(20)3/h6-12,14,22,31H,1,13H2,2-5H3/b23-21+. The summed E-state index contributed by atoms with van der Waals surface area (Å²) in [6.45, 7) is 8.88. The van der Waals surface area contributed by atoms with Crippen LogP contribution in [0.5, 0.6) is 5.75 Å². The van der Waals surface area contributed by atoms with Gasteiger partial charge in [0, 0.05) is 5.56 Å². The molecule has 0 aliphatic carbocycles. The smallest absolute Gasteiger partial charge is 0.350 e. The average Bonchev–Trinajstić information content (AvgIpc) is 3.40. The minimum Gasteiger partial charge on any atom is -0.507 e. The molecular formula is C28H26N2O6S. The molecule has 0 bridgehead atoms. The van der Waals surface area contributed by atoms with Crippen molar-refractivity contribution in [3.8, 4) is 5.75 Å². The van der Waals surface area contributed by atoms with E-state index in [9.17, 15) is 19.5 Å². The molecule has 1 N–H and O–H groups in total. The lowest BCUT2D eigenvalue weighted by Crippen LogP contribution is -2.29. The van der Waals surface area contributed by atoms with Crippen molar-refractivity contribution in [2.75, 3.05) is 18.6 Å². The van der Waals surface area contributed by atoms with Crippen LogP contribution in [0, 0.1) is 20.8 Å². The van der Waals surface area contributed by atoms with Crippen molar-refractivity contribution in [3.63, 3.8) is 0 Å². The number of benzene rings is 2. The number of ketones is 1. The van der Waals surface area contributed by atoms with Gasteiger partial charge in [-0.3, -0.25) is 14.5 Å². The molecule has 4 rings (SSSR count). The third-order valence-corrected chi connectivity index (χ3v) is 7.17. The Hall–Kier alpha value is -4.24. The number of carbonyl (C=O) groups excluding carboxylic acids is 3. The van der Waals surface area contributed by atoms with E-state index in [1.165, 1.54) is 18.1 Å². The number of methoxy groups -OCH3 is 1. The number of nitrogens with zero attached hydrogens (tertiary/aromatic N) is 2. The second-order valence-electron chi connectivity index (χ2n) is 8.56. The highest BCUT2D eigenvalue weighted by atomic mass is 32.1. The maximum Gasteiger partial charge on any atom is 0.350 e. The number of aliphatic hydroxyl groups excluding tert-OH is 1. The lowest BCUT2D eigenvalue weighted by molar-refractivity contribution is -0.132. The summed E-state index contributed by atoms with van der Waals surface area (Å²) >= 11 is 0.946. The van der Waals surface area contributed by atoms with E-state index in [2.05, 4.69) is 11.6 Å². The highest BCUT2D eigenvalue weighted by Gasteiger charge is 2.48. The number of hydrogen-bond acceptors (Lipinski definition) is 8. The van der Waals surface area contributed by atoms with Crippen molar-refractivity contribution in [2.45, 2.75) is 26.8 Å². The van der Waals surface area contributed by atoms with Crippen LogP contribution in [0.3, 0.4) is 0 Å². The van der Waals surface area contributed by atoms with Crippen LogP contribution < -0.4 is 9.64 Å². The Morgan fingerprint density at radius 1 is 1.16 bits per heavy atom. The highest BCUT2D eigenvalue weighted by molar-refractivity contribution is 7.17. The van der Waals surface area contributed by atoms with E-state index < -0.39 is 23.7 Å². The zero-order valence-electron chi connectivity index (χ0n) is 20.9. The molecule has 1 saturated heterocycles. The molecule has 0 spiro atoms. The summed E-state index contributed by atoms with van der Waals surface area (Å²) in [6, 6.07) is 11.4. The molecule has 1 amide bonds. The summed E-state index contributed by atoms with van der Waals surface area (Å²) in [4.78, 5) is 45.2. The molecular weight excluding hydrogens is 492 g/mol. The summed E-state index contributed by atoms with van der Waals surface area (Å²) in [6.07, 6.45) is 1.45. The number of aliphatic hydroxyl groups is 1. The molecule has 190 valence electrons. The number of Topliss-reactive ketones (excluding diaryl/α,β-unsaturated/α-hetero) is 1. The van der Waals surface area contributed by atoms with Gasteiger partial charge in [0.25, 0.3) is 5.78 Å². The Morgan fingerprint density at radius 3 is 2.51 bits per heavy atom. The van der Waals surface area contributed by atoms with Crippen LogP contribution in [-0.2, 0) is 14.3 Å². The first-order valence-corrected chi connectivity index (χ1v) is 12.3. The largest absolute Gasteiger partial charge is 0.507 e. The van der Waals surface area contributed by atoms with Crippen molar-refractivity contribution in [1.29, 1.82) is 0 Å².